The molecule has 0 heterocycles. The van der Waals surface area contributed by atoms with Crippen LogP contribution in [-0.4, -0.2) is 31.2 Å². The zero-order valence-corrected chi connectivity index (χ0v) is 23.7. The van der Waals surface area contributed by atoms with E-state index < -0.39 is 6.48 Å². The van der Waals surface area contributed by atoms with Gasteiger partial charge in [0.2, 0.25) is 0 Å². The average molecular weight is 552 g/mol. The topological polar surface area (TPSA) is 77.0 Å². The van der Waals surface area contributed by atoms with E-state index in [4.69, 9.17) is 14.2 Å². The summed E-state index contributed by atoms with van der Waals surface area (Å²) in [6, 6.07) is 19.9. The van der Waals surface area contributed by atoms with Crippen LogP contribution in [0.25, 0.3) is 0 Å². The van der Waals surface area contributed by atoms with Crippen molar-refractivity contribution in [3.8, 4) is 23.3 Å². The third-order valence-electron chi connectivity index (χ3n) is 8.93. The summed E-state index contributed by atoms with van der Waals surface area (Å²) in [5, 5.41) is 12.3. The number of hydrogen-bond donors (Lipinski definition) is 2. The van der Waals surface area contributed by atoms with Gasteiger partial charge in [-0.15, -0.1) is 0 Å². The molecule has 4 aliphatic carbocycles. The minimum atomic E-state index is -0.767. The van der Waals surface area contributed by atoms with Gasteiger partial charge in [-0.2, -0.15) is 0 Å². The molecule has 4 aliphatic rings. The lowest BCUT2D eigenvalue weighted by atomic mass is 9.48. The highest BCUT2D eigenvalue weighted by molar-refractivity contribution is 6.04. The van der Waals surface area contributed by atoms with Crippen LogP contribution < -0.4 is 10.1 Å². The molecule has 4 fully saturated rings. The van der Waals surface area contributed by atoms with Gasteiger partial charge >= 0.3 is 6.48 Å². The first-order valence-electron chi connectivity index (χ1n) is 14.6. The molecule has 1 atom stereocenters. The highest BCUT2D eigenvalue weighted by Crippen LogP contribution is 2.62. The van der Waals surface area contributed by atoms with Crippen LogP contribution in [0.15, 0.2) is 66.7 Å². The van der Waals surface area contributed by atoms with E-state index in [1.165, 1.54) is 56.2 Å². The van der Waals surface area contributed by atoms with Crippen LogP contribution in [0.3, 0.4) is 0 Å². The Morgan fingerprint density at radius 2 is 1.54 bits per heavy atom. The number of benzene rings is 3. The van der Waals surface area contributed by atoms with Crippen molar-refractivity contribution in [1.82, 2.24) is 0 Å². The van der Waals surface area contributed by atoms with Gasteiger partial charge in [-0.3, -0.25) is 4.79 Å². The highest BCUT2D eigenvalue weighted by atomic mass is 16.8. The zero-order chi connectivity index (χ0) is 28.4. The molecule has 0 spiro atoms. The first-order chi connectivity index (χ1) is 19.9. The zero-order valence-electron chi connectivity index (χ0n) is 23.7. The molecule has 1 unspecified atom stereocenters. The Labute approximate surface area is 242 Å². The molecule has 3 aromatic rings. The van der Waals surface area contributed by atoms with Crippen LogP contribution in [-0.2, 0) is 14.9 Å². The number of phenols is 1. The van der Waals surface area contributed by atoms with E-state index in [1.54, 1.807) is 31.4 Å². The molecule has 212 valence electrons. The Morgan fingerprint density at radius 3 is 2.15 bits per heavy atom. The average Bonchev–Trinajstić information content (AvgIpc) is 2.96. The fraction of sp³-hybridized carbons (Fsp3) is 0.400. The molecule has 1 amide bonds. The summed E-state index contributed by atoms with van der Waals surface area (Å²) in [6.45, 7) is 1.66. The van der Waals surface area contributed by atoms with Crippen LogP contribution in [0.4, 0.5) is 5.69 Å². The molecule has 0 aliphatic heterocycles. The fourth-order valence-electron chi connectivity index (χ4n) is 7.56. The Bertz CT molecular complexity index is 1420. The summed E-state index contributed by atoms with van der Waals surface area (Å²) >= 11 is 0. The summed E-state index contributed by atoms with van der Waals surface area (Å²) in [5.41, 5.74) is 4.24. The summed E-state index contributed by atoms with van der Waals surface area (Å²) in [6.07, 6.45) is 7.86. The van der Waals surface area contributed by atoms with Gasteiger partial charge in [0.15, 0.2) is 0 Å². The second-order valence-electron chi connectivity index (χ2n) is 11.8. The molecule has 0 aromatic heterocycles. The van der Waals surface area contributed by atoms with Gasteiger partial charge in [0.25, 0.3) is 5.91 Å². The van der Waals surface area contributed by atoms with E-state index in [9.17, 15) is 9.90 Å². The first kappa shape index (κ1) is 27.4. The predicted molar refractivity (Wildman–Crippen MR) is 158 cm³/mol. The number of methoxy groups -OCH3 is 1. The number of anilines is 1. The van der Waals surface area contributed by atoms with Gasteiger partial charge in [0.1, 0.15) is 11.5 Å². The lowest BCUT2D eigenvalue weighted by molar-refractivity contribution is -0.231. The molecule has 2 N–H and O–H groups in total. The van der Waals surface area contributed by atoms with Gasteiger partial charge in [0, 0.05) is 35.1 Å². The van der Waals surface area contributed by atoms with E-state index in [0.29, 0.717) is 17.9 Å². The van der Waals surface area contributed by atoms with Crippen LogP contribution in [0.1, 0.15) is 72.5 Å². The van der Waals surface area contributed by atoms with Crippen molar-refractivity contribution >= 4 is 11.6 Å². The summed E-state index contributed by atoms with van der Waals surface area (Å²) < 4.78 is 17.5. The quantitative estimate of drug-likeness (QED) is 0.182. The Balaban J connectivity index is 1.22. The maximum atomic E-state index is 12.6. The van der Waals surface area contributed by atoms with Gasteiger partial charge in [-0.1, -0.05) is 17.9 Å². The van der Waals surface area contributed by atoms with Crippen LogP contribution in [0.5, 0.6) is 11.5 Å². The van der Waals surface area contributed by atoms with Crippen molar-refractivity contribution < 1.29 is 24.1 Å². The molecule has 0 saturated heterocycles. The number of amides is 1. The van der Waals surface area contributed by atoms with Crippen molar-refractivity contribution in [2.24, 2.45) is 17.8 Å². The lowest BCUT2D eigenvalue weighted by Crippen LogP contribution is -2.48. The van der Waals surface area contributed by atoms with Gasteiger partial charge in [-0.25, -0.2) is 0 Å². The Hall–Kier alpha value is -3.79. The van der Waals surface area contributed by atoms with Crippen molar-refractivity contribution in [3.05, 3.63) is 89.0 Å². The SMILES string of the molecule is CCOC(OC)Oc1cc(C#Cc2ccc(C(=O)Nc3ccc(O)cc3)cc2)ccc1C12CC3CC(CC(C3)C1)C2. The Kier molecular flexibility index (Phi) is 7.75. The van der Waals surface area contributed by atoms with Gasteiger partial charge < -0.3 is 24.6 Å². The minimum absolute atomic E-state index is 0.153. The van der Waals surface area contributed by atoms with Crippen molar-refractivity contribution in [2.75, 3.05) is 19.0 Å². The number of rotatable bonds is 8. The van der Waals surface area contributed by atoms with Gasteiger partial charge in [-0.05, 0) is 129 Å². The lowest BCUT2D eigenvalue weighted by Gasteiger charge is -2.57. The minimum Gasteiger partial charge on any atom is -0.508 e. The maximum Gasteiger partial charge on any atom is 0.315 e. The summed E-state index contributed by atoms with van der Waals surface area (Å²) in [7, 11) is 1.60. The number of aromatic hydroxyl groups is 1. The molecule has 4 saturated carbocycles. The molecular weight excluding hydrogens is 514 g/mol. The van der Waals surface area contributed by atoms with Crippen molar-refractivity contribution in [3.63, 3.8) is 0 Å². The third-order valence-corrected chi connectivity index (χ3v) is 8.93. The van der Waals surface area contributed by atoms with Crippen LogP contribution in [0.2, 0.25) is 0 Å². The number of carbonyl (C=O) groups is 1. The van der Waals surface area contributed by atoms with E-state index in [-0.39, 0.29) is 17.1 Å². The molecule has 0 radical (unpaired) electrons. The summed E-state index contributed by atoms with van der Waals surface area (Å²) in [5.74, 6) is 9.72. The normalized spacial score (nSPS) is 24.8. The number of ether oxygens (including phenoxy) is 3. The second kappa shape index (κ2) is 11.6. The maximum absolute atomic E-state index is 12.6. The van der Waals surface area contributed by atoms with Crippen LogP contribution >= 0.6 is 0 Å². The number of phenolic OH excluding ortho intramolecular Hbond substituents is 1. The van der Waals surface area contributed by atoms with Crippen molar-refractivity contribution in [1.29, 1.82) is 0 Å². The second-order valence-corrected chi connectivity index (χ2v) is 11.8. The highest BCUT2D eigenvalue weighted by Gasteiger charge is 2.52. The number of carbonyl (C=O) groups excluding carboxylic acids is 1. The molecule has 3 aromatic carbocycles. The standard InChI is InChI=1S/C35H37NO5/c1-3-40-34(39-2)41-32-19-24(8-15-31(32)35-20-25-16-26(21-35)18-27(17-25)22-35)5-4-23-6-9-28(10-7-23)33(38)36-29-11-13-30(37)14-12-29/h6-15,19,25-27,34,37H,3,16-18,20-22H2,1-2H3,(H,36,38). The number of hydrogen-bond acceptors (Lipinski definition) is 5. The molecule has 6 nitrogen and oxygen atoms in total. The third kappa shape index (κ3) is 5.98. The first-order valence-corrected chi connectivity index (χ1v) is 14.6. The van der Waals surface area contributed by atoms with E-state index in [1.807, 2.05) is 25.1 Å². The fourth-order valence-corrected chi connectivity index (χ4v) is 7.56. The van der Waals surface area contributed by atoms with Gasteiger partial charge in [0.05, 0.1) is 6.61 Å². The molecule has 7 rings (SSSR count). The monoisotopic (exact) mass is 551 g/mol. The van der Waals surface area contributed by atoms with Crippen LogP contribution in [0, 0.1) is 29.6 Å². The molecule has 4 bridgehead atoms. The molecule has 41 heavy (non-hydrogen) atoms. The van der Waals surface area contributed by atoms with E-state index in [2.05, 4.69) is 29.3 Å². The Morgan fingerprint density at radius 1 is 0.927 bits per heavy atom. The summed E-state index contributed by atoms with van der Waals surface area (Å²) in [4.78, 5) is 12.6. The largest absolute Gasteiger partial charge is 0.508 e. The molecular formula is C35H37NO5. The smallest absolute Gasteiger partial charge is 0.315 e. The van der Waals surface area contributed by atoms with Crippen molar-refractivity contribution in [2.45, 2.75) is 57.3 Å². The predicted octanol–water partition coefficient (Wildman–Crippen LogP) is 6.86. The van der Waals surface area contributed by atoms with E-state index >= 15 is 0 Å². The number of nitrogens with one attached hydrogen (secondary N) is 1. The molecule has 6 heteroatoms. The van der Waals surface area contributed by atoms with E-state index in [0.717, 1.165) is 34.6 Å².